The smallest absolute Gasteiger partial charge is 0.284 e. The molecule has 3 aromatic rings. The van der Waals surface area contributed by atoms with Crippen molar-refractivity contribution in [2.24, 2.45) is 0 Å². The fourth-order valence-corrected chi connectivity index (χ4v) is 2.01. The third-order valence-corrected chi connectivity index (χ3v) is 3.15. The summed E-state index contributed by atoms with van der Waals surface area (Å²) in [4.78, 5) is 15.7. The molecule has 1 aromatic heterocycles. The van der Waals surface area contributed by atoms with Gasteiger partial charge in [0, 0.05) is 11.6 Å². The highest BCUT2D eigenvalue weighted by Gasteiger charge is 2.06. The van der Waals surface area contributed by atoms with Crippen molar-refractivity contribution in [1.82, 2.24) is 4.98 Å². The molecule has 0 fully saturated rings. The highest BCUT2D eigenvalue weighted by Crippen LogP contribution is 2.17. The third kappa shape index (κ3) is 2.69. The quantitative estimate of drug-likeness (QED) is 0.729. The number of aliphatic hydroxyl groups excluding tert-OH is 1. The Morgan fingerprint density at radius 2 is 1.86 bits per heavy atom. The van der Waals surface area contributed by atoms with Gasteiger partial charge in [-0.3, -0.25) is 4.79 Å². The standard InChI is InChI=1S/C17H13NO3/c1-11-6-8-12(9-7-11)14(19)10-16-18-17(20)13-4-2-3-5-15(13)21-16/h2-10,19H,1H3/b14-10-. The Bertz CT molecular complexity index is 876. The van der Waals surface area contributed by atoms with E-state index in [1.807, 2.05) is 19.1 Å². The summed E-state index contributed by atoms with van der Waals surface area (Å²) in [6.45, 7) is 1.97. The summed E-state index contributed by atoms with van der Waals surface area (Å²) in [6, 6.07) is 14.2. The lowest BCUT2D eigenvalue weighted by Gasteiger charge is -2.01. The Labute approximate surface area is 121 Å². The van der Waals surface area contributed by atoms with Gasteiger partial charge in [0.15, 0.2) is 0 Å². The zero-order valence-electron chi connectivity index (χ0n) is 11.4. The maximum atomic E-state index is 11.9. The van der Waals surface area contributed by atoms with E-state index in [2.05, 4.69) is 4.98 Å². The van der Waals surface area contributed by atoms with E-state index in [-0.39, 0.29) is 17.2 Å². The van der Waals surface area contributed by atoms with E-state index in [0.717, 1.165) is 5.56 Å². The van der Waals surface area contributed by atoms with E-state index in [9.17, 15) is 9.90 Å². The van der Waals surface area contributed by atoms with Crippen molar-refractivity contribution < 1.29 is 9.52 Å². The van der Waals surface area contributed by atoms with Gasteiger partial charge in [-0.05, 0) is 19.1 Å². The minimum absolute atomic E-state index is 0.000862. The normalized spacial score (nSPS) is 11.8. The van der Waals surface area contributed by atoms with Crippen LogP contribution in [0.5, 0.6) is 0 Å². The van der Waals surface area contributed by atoms with Gasteiger partial charge >= 0.3 is 0 Å². The van der Waals surface area contributed by atoms with Crippen molar-refractivity contribution in [3.05, 3.63) is 75.9 Å². The number of aryl methyl sites for hydroxylation is 1. The number of fused-ring (bicyclic) bond motifs is 1. The maximum absolute atomic E-state index is 11.9. The molecule has 21 heavy (non-hydrogen) atoms. The molecule has 0 amide bonds. The Morgan fingerprint density at radius 1 is 1.14 bits per heavy atom. The molecule has 1 heterocycles. The molecule has 4 heteroatoms. The summed E-state index contributed by atoms with van der Waals surface area (Å²) < 4.78 is 5.51. The maximum Gasteiger partial charge on any atom is 0.284 e. The zero-order valence-corrected chi connectivity index (χ0v) is 11.4. The summed E-state index contributed by atoms with van der Waals surface area (Å²) in [5.74, 6) is 0.0812. The largest absolute Gasteiger partial charge is 0.507 e. The highest BCUT2D eigenvalue weighted by atomic mass is 16.3. The van der Waals surface area contributed by atoms with Crippen LogP contribution in [0.4, 0.5) is 0 Å². The molecule has 0 aliphatic rings. The lowest BCUT2D eigenvalue weighted by atomic mass is 10.1. The molecule has 0 unspecified atom stereocenters. The van der Waals surface area contributed by atoms with E-state index in [0.29, 0.717) is 16.5 Å². The first kappa shape index (κ1) is 13.1. The van der Waals surface area contributed by atoms with Crippen molar-refractivity contribution in [2.45, 2.75) is 6.92 Å². The lowest BCUT2D eigenvalue weighted by Crippen LogP contribution is -2.07. The van der Waals surface area contributed by atoms with E-state index in [1.165, 1.54) is 6.08 Å². The van der Waals surface area contributed by atoms with Crippen molar-refractivity contribution in [3.8, 4) is 0 Å². The molecule has 0 saturated heterocycles. The Kier molecular flexibility index (Phi) is 3.28. The number of benzene rings is 2. The number of rotatable bonds is 2. The monoisotopic (exact) mass is 279 g/mol. The van der Waals surface area contributed by atoms with E-state index in [1.54, 1.807) is 36.4 Å². The number of hydrogen-bond acceptors (Lipinski definition) is 4. The summed E-state index contributed by atoms with van der Waals surface area (Å²) in [7, 11) is 0. The van der Waals surface area contributed by atoms with Crippen LogP contribution in [0.25, 0.3) is 22.8 Å². The average molecular weight is 279 g/mol. The van der Waals surface area contributed by atoms with E-state index < -0.39 is 0 Å². The van der Waals surface area contributed by atoms with E-state index in [4.69, 9.17) is 4.42 Å². The first-order chi connectivity index (χ1) is 10.1. The summed E-state index contributed by atoms with van der Waals surface area (Å²) in [6.07, 6.45) is 1.35. The Morgan fingerprint density at radius 3 is 2.62 bits per heavy atom. The van der Waals surface area contributed by atoms with Gasteiger partial charge in [0.2, 0.25) is 5.89 Å². The second-order valence-electron chi connectivity index (χ2n) is 4.75. The Balaban J connectivity index is 2.06. The molecule has 4 nitrogen and oxygen atoms in total. The first-order valence-corrected chi connectivity index (χ1v) is 6.51. The molecular weight excluding hydrogens is 266 g/mol. The second-order valence-corrected chi connectivity index (χ2v) is 4.75. The van der Waals surface area contributed by atoms with Gasteiger partial charge in [-0.25, -0.2) is 0 Å². The molecular formula is C17H13NO3. The van der Waals surface area contributed by atoms with Gasteiger partial charge in [0.25, 0.3) is 5.56 Å². The molecule has 0 atom stereocenters. The molecule has 0 aliphatic heterocycles. The molecule has 0 radical (unpaired) electrons. The molecule has 0 aliphatic carbocycles. The van der Waals surface area contributed by atoms with Gasteiger partial charge < -0.3 is 9.52 Å². The second kappa shape index (κ2) is 5.25. The minimum Gasteiger partial charge on any atom is -0.507 e. The summed E-state index contributed by atoms with van der Waals surface area (Å²) in [5, 5.41) is 10.5. The van der Waals surface area contributed by atoms with Crippen LogP contribution < -0.4 is 5.56 Å². The zero-order chi connectivity index (χ0) is 14.8. The predicted molar refractivity (Wildman–Crippen MR) is 82.0 cm³/mol. The van der Waals surface area contributed by atoms with Crippen LogP contribution in [-0.4, -0.2) is 10.1 Å². The first-order valence-electron chi connectivity index (χ1n) is 6.51. The average Bonchev–Trinajstić information content (AvgIpc) is 2.48. The molecule has 0 saturated carbocycles. The van der Waals surface area contributed by atoms with Gasteiger partial charge in [-0.15, -0.1) is 0 Å². The van der Waals surface area contributed by atoms with Crippen molar-refractivity contribution >= 4 is 22.8 Å². The van der Waals surface area contributed by atoms with Gasteiger partial charge in [-0.2, -0.15) is 4.98 Å². The van der Waals surface area contributed by atoms with E-state index >= 15 is 0 Å². The molecule has 2 aromatic carbocycles. The Hall–Kier alpha value is -2.88. The number of nitrogens with zero attached hydrogens (tertiary/aromatic N) is 1. The highest BCUT2D eigenvalue weighted by molar-refractivity contribution is 5.78. The third-order valence-electron chi connectivity index (χ3n) is 3.15. The van der Waals surface area contributed by atoms with Crippen molar-refractivity contribution in [1.29, 1.82) is 0 Å². The van der Waals surface area contributed by atoms with Crippen molar-refractivity contribution in [2.75, 3.05) is 0 Å². The van der Waals surface area contributed by atoms with Crippen LogP contribution in [0.15, 0.2) is 57.7 Å². The summed E-state index contributed by atoms with van der Waals surface area (Å²) in [5.41, 5.74) is 1.81. The number of hydrogen-bond donors (Lipinski definition) is 1. The SMILES string of the molecule is Cc1ccc(/C(O)=C/c2nc(=O)c3ccccc3o2)cc1. The van der Waals surface area contributed by atoms with Crippen LogP contribution in [-0.2, 0) is 0 Å². The fraction of sp³-hybridized carbons (Fsp3) is 0.0588. The van der Waals surface area contributed by atoms with Crippen LogP contribution >= 0.6 is 0 Å². The van der Waals surface area contributed by atoms with Crippen molar-refractivity contribution in [3.63, 3.8) is 0 Å². The van der Waals surface area contributed by atoms with Crippen LogP contribution in [0.3, 0.4) is 0 Å². The van der Waals surface area contributed by atoms with Crippen LogP contribution in [0, 0.1) is 6.92 Å². The molecule has 0 spiro atoms. The van der Waals surface area contributed by atoms with Crippen LogP contribution in [0.2, 0.25) is 0 Å². The number of aliphatic hydroxyl groups is 1. The van der Waals surface area contributed by atoms with Gasteiger partial charge in [-0.1, -0.05) is 42.0 Å². The van der Waals surface area contributed by atoms with Gasteiger partial charge in [0.05, 0.1) is 5.39 Å². The number of aromatic nitrogens is 1. The predicted octanol–water partition coefficient (Wildman–Crippen LogP) is 3.55. The molecule has 0 bridgehead atoms. The molecule has 1 N–H and O–H groups in total. The topological polar surface area (TPSA) is 63.3 Å². The molecule has 104 valence electrons. The fourth-order valence-electron chi connectivity index (χ4n) is 2.01. The van der Waals surface area contributed by atoms with Gasteiger partial charge in [0.1, 0.15) is 11.3 Å². The number of para-hydroxylation sites is 1. The van der Waals surface area contributed by atoms with Crippen LogP contribution in [0.1, 0.15) is 17.0 Å². The molecule has 3 rings (SSSR count). The lowest BCUT2D eigenvalue weighted by molar-refractivity contribution is 0.510. The summed E-state index contributed by atoms with van der Waals surface area (Å²) >= 11 is 0. The minimum atomic E-state index is -0.375.